The third-order valence-corrected chi connectivity index (χ3v) is 3.66. The summed E-state index contributed by atoms with van der Waals surface area (Å²) in [5, 5.41) is 1.46. The molecule has 0 spiro atoms. The van der Waals surface area contributed by atoms with Gasteiger partial charge in [-0.05, 0) is 24.6 Å². The van der Waals surface area contributed by atoms with Gasteiger partial charge in [0.1, 0.15) is 0 Å². The maximum absolute atomic E-state index is 11.9. The van der Waals surface area contributed by atoms with Gasteiger partial charge in [-0.2, -0.15) is 0 Å². The first-order valence-corrected chi connectivity index (χ1v) is 6.17. The van der Waals surface area contributed by atoms with Crippen LogP contribution in [0.3, 0.4) is 0 Å². The molecule has 4 heteroatoms. The molecule has 15 heavy (non-hydrogen) atoms. The Bertz CT molecular complexity index is 529. The van der Waals surface area contributed by atoms with Crippen molar-refractivity contribution in [3.05, 3.63) is 33.6 Å². The largest absolute Gasteiger partial charge is 0.268 e. The smallest absolute Gasteiger partial charge is 0.268 e. The zero-order valence-electron chi connectivity index (χ0n) is 8.50. The van der Waals surface area contributed by atoms with Crippen LogP contribution in [0, 0.1) is 0 Å². The van der Waals surface area contributed by atoms with Crippen molar-refractivity contribution in [2.45, 2.75) is 26.3 Å². The second-order valence-electron chi connectivity index (χ2n) is 3.49. The third-order valence-electron chi connectivity index (χ3n) is 2.32. The van der Waals surface area contributed by atoms with Crippen LogP contribution in [0.15, 0.2) is 23.0 Å². The summed E-state index contributed by atoms with van der Waals surface area (Å²) in [7, 11) is 0. The van der Waals surface area contributed by atoms with E-state index in [2.05, 4.69) is 6.92 Å². The van der Waals surface area contributed by atoms with E-state index in [0.29, 0.717) is 5.02 Å². The van der Waals surface area contributed by atoms with Gasteiger partial charge in [-0.3, -0.25) is 8.75 Å². The number of halogens is 1. The Hall–Kier alpha value is -0.800. The summed E-state index contributed by atoms with van der Waals surface area (Å²) < 4.78 is 2.79. The Morgan fingerprint density at radius 1 is 1.47 bits per heavy atom. The fraction of sp³-hybridized carbons (Fsp3) is 0.364. The molecule has 0 saturated heterocycles. The van der Waals surface area contributed by atoms with E-state index in [0.717, 1.165) is 29.5 Å². The van der Waals surface area contributed by atoms with Gasteiger partial charge in [0.25, 0.3) is 5.56 Å². The van der Waals surface area contributed by atoms with Crippen molar-refractivity contribution in [1.82, 2.24) is 3.96 Å². The molecule has 0 aliphatic carbocycles. The summed E-state index contributed by atoms with van der Waals surface area (Å²) in [5.41, 5.74) is 0.111. The molecular weight excluding hydrogens is 230 g/mol. The van der Waals surface area contributed by atoms with Gasteiger partial charge in [0.15, 0.2) is 0 Å². The van der Waals surface area contributed by atoms with Gasteiger partial charge in [-0.15, -0.1) is 0 Å². The van der Waals surface area contributed by atoms with Crippen molar-refractivity contribution in [3.8, 4) is 0 Å². The molecule has 80 valence electrons. The van der Waals surface area contributed by atoms with E-state index in [-0.39, 0.29) is 5.56 Å². The summed E-state index contributed by atoms with van der Waals surface area (Å²) in [6, 6.07) is 5.42. The average Bonchev–Trinajstić information content (AvgIpc) is 2.52. The number of hydrogen-bond donors (Lipinski definition) is 0. The molecular formula is C11H12ClNOS. The van der Waals surface area contributed by atoms with Gasteiger partial charge >= 0.3 is 0 Å². The maximum atomic E-state index is 11.9. The van der Waals surface area contributed by atoms with Crippen molar-refractivity contribution in [1.29, 1.82) is 0 Å². The van der Waals surface area contributed by atoms with Gasteiger partial charge in [0.05, 0.1) is 10.1 Å². The van der Waals surface area contributed by atoms with Crippen LogP contribution in [0.2, 0.25) is 5.02 Å². The summed E-state index contributed by atoms with van der Waals surface area (Å²) in [6.07, 6.45) is 2.14. The number of hydrogen-bond acceptors (Lipinski definition) is 2. The van der Waals surface area contributed by atoms with E-state index >= 15 is 0 Å². The van der Waals surface area contributed by atoms with Crippen LogP contribution < -0.4 is 5.56 Å². The summed E-state index contributed by atoms with van der Waals surface area (Å²) in [4.78, 5) is 11.9. The minimum atomic E-state index is 0.111. The molecule has 1 heterocycles. The lowest BCUT2D eigenvalue weighted by Gasteiger charge is -1.95. The van der Waals surface area contributed by atoms with E-state index in [1.807, 2.05) is 10.0 Å². The normalized spacial score (nSPS) is 11.1. The second-order valence-corrected chi connectivity index (χ2v) is 4.99. The van der Waals surface area contributed by atoms with Crippen molar-refractivity contribution < 1.29 is 0 Å². The molecule has 0 fully saturated rings. The first-order chi connectivity index (χ1) is 7.22. The first kappa shape index (κ1) is 10.7. The molecule has 0 unspecified atom stereocenters. The van der Waals surface area contributed by atoms with Crippen molar-refractivity contribution >= 4 is 33.2 Å². The van der Waals surface area contributed by atoms with Crippen molar-refractivity contribution in [2.24, 2.45) is 0 Å². The van der Waals surface area contributed by atoms with E-state index in [4.69, 9.17) is 11.6 Å². The molecule has 2 aromatic rings. The number of rotatable bonds is 3. The summed E-state index contributed by atoms with van der Waals surface area (Å²) in [5.74, 6) is 0. The van der Waals surface area contributed by atoms with Crippen LogP contribution in [-0.4, -0.2) is 3.96 Å². The summed E-state index contributed by atoms with van der Waals surface area (Å²) >= 11 is 7.38. The molecule has 1 aromatic carbocycles. The molecule has 0 saturated carbocycles. The highest BCUT2D eigenvalue weighted by atomic mass is 35.5. The first-order valence-electron chi connectivity index (χ1n) is 5.01. The predicted molar refractivity (Wildman–Crippen MR) is 66.0 cm³/mol. The van der Waals surface area contributed by atoms with Crippen LogP contribution in [-0.2, 0) is 6.54 Å². The van der Waals surface area contributed by atoms with E-state index in [1.165, 1.54) is 11.5 Å². The van der Waals surface area contributed by atoms with Crippen LogP contribution in [0.25, 0.3) is 10.1 Å². The minimum Gasteiger partial charge on any atom is -0.268 e. The Morgan fingerprint density at radius 2 is 2.27 bits per heavy atom. The van der Waals surface area contributed by atoms with Gasteiger partial charge < -0.3 is 0 Å². The molecule has 0 bridgehead atoms. The monoisotopic (exact) mass is 241 g/mol. The molecule has 0 aliphatic rings. The minimum absolute atomic E-state index is 0.111. The number of unbranched alkanes of at least 4 members (excludes halogenated alkanes) is 1. The molecule has 0 atom stereocenters. The Kier molecular flexibility index (Phi) is 3.12. The second kappa shape index (κ2) is 4.37. The van der Waals surface area contributed by atoms with Gasteiger partial charge in [0.2, 0.25) is 0 Å². The highest BCUT2D eigenvalue weighted by Gasteiger charge is 2.06. The molecule has 1 aromatic heterocycles. The number of aromatic nitrogens is 1. The number of benzene rings is 1. The van der Waals surface area contributed by atoms with Gasteiger partial charge in [0, 0.05) is 11.6 Å². The third kappa shape index (κ3) is 2.08. The lowest BCUT2D eigenvalue weighted by Crippen LogP contribution is -2.12. The predicted octanol–water partition coefficient (Wildman–Crippen LogP) is 3.52. The molecule has 0 amide bonds. The Morgan fingerprint density at radius 3 is 3.00 bits per heavy atom. The standard InChI is InChI=1S/C11H12ClNOS/c1-2-3-6-13-11(14)9-5-4-8(12)7-10(9)15-13/h4-5,7H,2-3,6H2,1H3. The molecule has 2 nitrogen and oxygen atoms in total. The van der Waals surface area contributed by atoms with Gasteiger partial charge in [-0.25, -0.2) is 0 Å². The van der Waals surface area contributed by atoms with Crippen LogP contribution in [0.4, 0.5) is 0 Å². The number of fused-ring (bicyclic) bond motifs is 1. The summed E-state index contributed by atoms with van der Waals surface area (Å²) in [6.45, 7) is 2.93. The fourth-order valence-electron chi connectivity index (χ4n) is 1.49. The van der Waals surface area contributed by atoms with Gasteiger partial charge in [-0.1, -0.05) is 36.5 Å². The molecule has 2 rings (SSSR count). The molecule has 0 radical (unpaired) electrons. The van der Waals surface area contributed by atoms with Crippen LogP contribution >= 0.6 is 23.1 Å². The fourth-order valence-corrected chi connectivity index (χ4v) is 2.80. The van der Waals surface area contributed by atoms with Crippen LogP contribution in [0.1, 0.15) is 19.8 Å². The quantitative estimate of drug-likeness (QED) is 0.806. The highest BCUT2D eigenvalue weighted by Crippen LogP contribution is 2.21. The van der Waals surface area contributed by atoms with E-state index in [1.54, 1.807) is 12.1 Å². The van der Waals surface area contributed by atoms with E-state index < -0.39 is 0 Å². The Balaban J connectivity index is 2.49. The lowest BCUT2D eigenvalue weighted by atomic mass is 10.3. The highest BCUT2D eigenvalue weighted by molar-refractivity contribution is 7.13. The van der Waals surface area contributed by atoms with Crippen molar-refractivity contribution in [2.75, 3.05) is 0 Å². The maximum Gasteiger partial charge on any atom is 0.268 e. The zero-order chi connectivity index (χ0) is 10.8. The SMILES string of the molecule is CCCCn1sc2cc(Cl)ccc2c1=O. The van der Waals surface area contributed by atoms with Crippen molar-refractivity contribution in [3.63, 3.8) is 0 Å². The topological polar surface area (TPSA) is 22.0 Å². The van der Waals surface area contributed by atoms with Crippen LogP contribution in [0.5, 0.6) is 0 Å². The molecule has 0 N–H and O–H groups in total. The zero-order valence-corrected chi connectivity index (χ0v) is 10.1. The Labute approximate surface area is 97.2 Å². The number of nitrogens with zero attached hydrogens (tertiary/aromatic N) is 1. The molecule has 0 aliphatic heterocycles. The lowest BCUT2D eigenvalue weighted by molar-refractivity contribution is 0.660. The average molecular weight is 242 g/mol. The number of aryl methyl sites for hydroxylation is 1. The van der Waals surface area contributed by atoms with E-state index in [9.17, 15) is 4.79 Å².